The number of carbonyl (C=O) groups is 1. The van der Waals surface area contributed by atoms with Crippen molar-refractivity contribution in [1.29, 1.82) is 0 Å². The fourth-order valence-corrected chi connectivity index (χ4v) is 3.31. The Hall–Kier alpha value is -2.43. The largest absolute Gasteiger partial charge is 0.490 e. The summed E-state index contributed by atoms with van der Waals surface area (Å²) in [4.78, 5) is 21.0. The molecule has 1 heterocycles. The van der Waals surface area contributed by atoms with Gasteiger partial charge in [-0.1, -0.05) is 90.7 Å². The van der Waals surface area contributed by atoms with Gasteiger partial charge in [-0.25, -0.2) is 14.8 Å². The average Bonchev–Trinajstić information content (AvgIpc) is 2.84. The minimum absolute atomic E-state index is 0.272. The van der Waals surface area contributed by atoms with Crippen LogP contribution in [0.3, 0.4) is 0 Å². The molecule has 0 aliphatic carbocycles. The van der Waals surface area contributed by atoms with Gasteiger partial charge in [0.1, 0.15) is 0 Å². The van der Waals surface area contributed by atoms with E-state index >= 15 is 0 Å². The van der Waals surface area contributed by atoms with Crippen LogP contribution in [0.4, 0.5) is 0 Å². The van der Waals surface area contributed by atoms with Crippen LogP contribution in [0.2, 0.25) is 0 Å². The van der Waals surface area contributed by atoms with Crippen molar-refractivity contribution >= 4 is 5.97 Å². The maximum Gasteiger partial charge on any atom is 0.338 e. The molecule has 0 aliphatic rings. The van der Waals surface area contributed by atoms with Crippen LogP contribution in [0.15, 0.2) is 36.7 Å². The van der Waals surface area contributed by atoms with E-state index < -0.39 is 0 Å². The SMILES string of the molecule is CCCCCCCCCCCOC(=O)c1ccc(-c2ncc(OC[C@@H](C)CC)cn2)cc1. The van der Waals surface area contributed by atoms with Crippen LogP contribution < -0.4 is 4.74 Å². The number of esters is 1. The van der Waals surface area contributed by atoms with Gasteiger partial charge in [0.25, 0.3) is 0 Å². The van der Waals surface area contributed by atoms with Crippen LogP contribution >= 0.6 is 0 Å². The highest BCUT2D eigenvalue weighted by atomic mass is 16.5. The molecule has 0 aliphatic heterocycles. The molecule has 0 radical (unpaired) electrons. The van der Waals surface area contributed by atoms with Gasteiger partial charge in [0, 0.05) is 5.56 Å². The molecule has 1 atom stereocenters. The van der Waals surface area contributed by atoms with Gasteiger partial charge < -0.3 is 9.47 Å². The fourth-order valence-electron chi connectivity index (χ4n) is 3.31. The molecule has 0 N–H and O–H groups in total. The molecule has 0 unspecified atom stereocenters. The summed E-state index contributed by atoms with van der Waals surface area (Å²) in [6.07, 6.45) is 15.7. The topological polar surface area (TPSA) is 61.3 Å². The maximum atomic E-state index is 12.3. The lowest BCUT2D eigenvalue weighted by Crippen LogP contribution is -2.07. The predicted molar refractivity (Wildman–Crippen MR) is 130 cm³/mol. The summed E-state index contributed by atoms with van der Waals surface area (Å²) < 4.78 is 11.1. The second kappa shape index (κ2) is 15.4. The van der Waals surface area contributed by atoms with Crippen molar-refractivity contribution in [2.24, 2.45) is 5.92 Å². The molecule has 1 aromatic carbocycles. The van der Waals surface area contributed by atoms with Gasteiger partial charge >= 0.3 is 5.97 Å². The van der Waals surface area contributed by atoms with Gasteiger partial charge in [0.05, 0.1) is 31.2 Å². The van der Waals surface area contributed by atoms with Crippen LogP contribution in [-0.2, 0) is 4.74 Å². The molecule has 5 heteroatoms. The van der Waals surface area contributed by atoms with Gasteiger partial charge in [-0.3, -0.25) is 0 Å². The van der Waals surface area contributed by atoms with Crippen molar-refractivity contribution < 1.29 is 14.3 Å². The van der Waals surface area contributed by atoms with Gasteiger partial charge in [0.2, 0.25) is 0 Å². The first kappa shape index (κ1) is 25.8. The smallest absolute Gasteiger partial charge is 0.338 e. The number of hydrogen-bond donors (Lipinski definition) is 0. The van der Waals surface area contributed by atoms with Crippen molar-refractivity contribution in [2.45, 2.75) is 85.0 Å². The summed E-state index contributed by atoms with van der Waals surface area (Å²) in [5.41, 5.74) is 1.41. The molecule has 32 heavy (non-hydrogen) atoms. The predicted octanol–water partition coefficient (Wildman–Crippen LogP) is 7.26. The molecule has 2 aromatic rings. The lowest BCUT2D eigenvalue weighted by Gasteiger charge is -2.10. The molecule has 0 spiro atoms. The zero-order valence-corrected chi connectivity index (χ0v) is 20.1. The fraction of sp³-hybridized carbons (Fsp3) is 0.593. The molecular formula is C27H40N2O3. The van der Waals surface area contributed by atoms with E-state index in [1.54, 1.807) is 24.5 Å². The van der Waals surface area contributed by atoms with Crippen LogP contribution in [0.5, 0.6) is 5.75 Å². The van der Waals surface area contributed by atoms with Crippen LogP contribution in [-0.4, -0.2) is 29.2 Å². The molecule has 0 amide bonds. The van der Waals surface area contributed by atoms with Gasteiger partial charge in [-0.2, -0.15) is 0 Å². The zero-order chi connectivity index (χ0) is 23.0. The van der Waals surface area contributed by atoms with Crippen molar-refractivity contribution in [3.63, 3.8) is 0 Å². The standard InChI is InChI=1S/C27H40N2O3/c1-4-6-7-8-9-10-11-12-13-18-31-27(30)24-16-14-23(15-17-24)26-28-19-25(20-29-26)32-21-22(3)5-2/h14-17,19-20,22H,4-13,18,21H2,1-3H3/t22-/m0/s1. The molecule has 2 rings (SSSR count). The third-order valence-electron chi connectivity index (χ3n) is 5.72. The average molecular weight is 441 g/mol. The number of aromatic nitrogens is 2. The van der Waals surface area contributed by atoms with E-state index in [-0.39, 0.29) is 5.97 Å². The van der Waals surface area contributed by atoms with Gasteiger partial charge in [-0.15, -0.1) is 0 Å². The Kier molecular flexibility index (Phi) is 12.4. The Morgan fingerprint density at radius 2 is 1.47 bits per heavy atom. The molecule has 0 saturated heterocycles. The number of hydrogen-bond acceptors (Lipinski definition) is 5. The molecule has 1 aromatic heterocycles. The summed E-state index contributed by atoms with van der Waals surface area (Å²) in [5.74, 6) is 1.51. The minimum atomic E-state index is -0.272. The zero-order valence-electron chi connectivity index (χ0n) is 20.1. The Morgan fingerprint density at radius 3 is 2.06 bits per heavy atom. The Balaban J connectivity index is 1.67. The second-order valence-corrected chi connectivity index (χ2v) is 8.61. The highest BCUT2D eigenvalue weighted by Gasteiger charge is 2.09. The van der Waals surface area contributed by atoms with Crippen LogP contribution in [0.1, 0.15) is 95.3 Å². The number of benzene rings is 1. The second-order valence-electron chi connectivity index (χ2n) is 8.61. The molecule has 0 bridgehead atoms. The number of nitrogens with zero attached hydrogens (tertiary/aromatic N) is 2. The van der Waals surface area contributed by atoms with E-state index in [1.165, 1.54) is 44.9 Å². The van der Waals surface area contributed by atoms with E-state index in [9.17, 15) is 4.79 Å². The van der Waals surface area contributed by atoms with Gasteiger partial charge in [0.15, 0.2) is 11.6 Å². The Labute approximate surface area is 194 Å². The number of rotatable bonds is 16. The molecule has 5 nitrogen and oxygen atoms in total. The number of carbonyl (C=O) groups excluding carboxylic acids is 1. The molecule has 0 saturated carbocycles. The lowest BCUT2D eigenvalue weighted by atomic mass is 10.1. The van der Waals surface area contributed by atoms with E-state index in [2.05, 4.69) is 30.7 Å². The summed E-state index contributed by atoms with van der Waals surface area (Å²) in [6.45, 7) is 7.68. The Bertz CT molecular complexity index is 759. The highest BCUT2D eigenvalue weighted by molar-refractivity contribution is 5.89. The number of unbranched alkanes of at least 4 members (excludes halogenated alkanes) is 8. The van der Waals surface area contributed by atoms with E-state index in [4.69, 9.17) is 9.47 Å². The molecule has 0 fully saturated rings. The van der Waals surface area contributed by atoms with Crippen LogP contribution in [0, 0.1) is 5.92 Å². The first-order valence-electron chi connectivity index (χ1n) is 12.4. The van der Waals surface area contributed by atoms with Crippen molar-refractivity contribution in [1.82, 2.24) is 9.97 Å². The third-order valence-corrected chi connectivity index (χ3v) is 5.72. The van der Waals surface area contributed by atoms with Crippen molar-refractivity contribution in [3.8, 4) is 17.1 Å². The quantitative estimate of drug-likeness (QED) is 0.203. The van der Waals surface area contributed by atoms with E-state index in [0.717, 1.165) is 24.8 Å². The van der Waals surface area contributed by atoms with Crippen molar-refractivity contribution in [2.75, 3.05) is 13.2 Å². The maximum absolute atomic E-state index is 12.3. The summed E-state index contributed by atoms with van der Waals surface area (Å²) >= 11 is 0. The summed E-state index contributed by atoms with van der Waals surface area (Å²) in [5, 5.41) is 0. The first-order valence-corrected chi connectivity index (χ1v) is 12.4. The van der Waals surface area contributed by atoms with Gasteiger partial charge in [-0.05, 0) is 24.5 Å². The Morgan fingerprint density at radius 1 is 0.875 bits per heavy atom. The highest BCUT2D eigenvalue weighted by Crippen LogP contribution is 2.18. The number of ether oxygens (including phenoxy) is 2. The van der Waals surface area contributed by atoms with Crippen molar-refractivity contribution in [3.05, 3.63) is 42.2 Å². The first-order chi connectivity index (χ1) is 15.6. The minimum Gasteiger partial charge on any atom is -0.490 e. The lowest BCUT2D eigenvalue weighted by molar-refractivity contribution is 0.0497. The monoisotopic (exact) mass is 440 g/mol. The molecule has 176 valence electrons. The normalized spacial score (nSPS) is 11.8. The third kappa shape index (κ3) is 9.80. The summed E-state index contributed by atoms with van der Waals surface area (Å²) in [6, 6.07) is 7.24. The van der Waals surface area contributed by atoms with E-state index in [0.29, 0.717) is 36.3 Å². The molecular weight excluding hydrogens is 400 g/mol. The summed E-state index contributed by atoms with van der Waals surface area (Å²) in [7, 11) is 0. The van der Waals surface area contributed by atoms with E-state index in [1.807, 2.05) is 12.1 Å². The van der Waals surface area contributed by atoms with Crippen LogP contribution in [0.25, 0.3) is 11.4 Å².